The maximum Gasteiger partial charge on any atom is 0.274 e. The molecule has 7 heteroatoms. The van der Waals surface area contributed by atoms with Gasteiger partial charge in [0.25, 0.3) is 5.91 Å². The number of hydrogen-bond donors (Lipinski definition) is 1. The van der Waals surface area contributed by atoms with E-state index < -0.39 is 0 Å². The van der Waals surface area contributed by atoms with Crippen LogP contribution in [-0.2, 0) is 11.3 Å². The van der Waals surface area contributed by atoms with Crippen molar-refractivity contribution in [1.82, 2.24) is 14.9 Å². The van der Waals surface area contributed by atoms with E-state index in [1.165, 1.54) is 11.9 Å². The lowest BCUT2D eigenvalue weighted by Crippen LogP contribution is -2.37. The van der Waals surface area contributed by atoms with Gasteiger partial charge >= 0.3 is 0 Å². The molecule has 3 rings (SSSR count). The number of ether oxygens (including phenoxy) is 1. The molecule has 1 aromatic heterocycles. The molecule has 2 heterocycles. The molecule has 1 fully saturated rings. The molecule has 1 saturated heterocycles. The molecular weight excluding hydrogens is 342 g/mol. The molecule has 2 aromatic rings. The first kappa shape index (κ1) is 19.3. The van der Waals surface area contributed by atoms with Crippen LogP contribution in [0, 0.1) is 0 Å². The molecule has 0 aliphatic carbocycles. The van der Waals surface area contributed by atoms with Gasteiger partial charge in [-0.15, -0.1) is 0 Å². The van der Waals surface area contributed by atoms with Gasteiger partial charge in [0.2, 0.25) is 0 Å². The normalized spacial score (nSPS) is 14.4. The Morgan fingerprint density at radius 3 is 2.52 bits per heavy atom. The monoisotopic (exact) mass is 369 g/mol. The van der Waals surface area contributed by atoms with Crippen LogP contribution in [0.1, 0.15) is 29.9 Å². The SMILES string of the molecule is CCN(CC)Cc1ccc(NC(=O)c2cc(N3CCOCC3)ncn2)cc1. The molecular formula is C20H27N5O2. The molecule has 0 atom stereocenters. The second kappa shape index (κ2) is 9.43. The summed E-state index contributed by atoms with van der Waals surface area (Å²) in [5, 5.41) is 2.91. The Kier molecular flexibility index (Phi) is 6.73. The number of anilines is 2. The number of nitrogens with zero attached hydrogens (tertiary/aromatic N) is 4. The Bertz CT molecular complexity index is 740. The van der Waals surface area contributed by atoms with Crippen molar-refractivity contribution < 1.29 is 9.53 Å². The van der Waals surface area contributed by atoms with Gasteiger partial charge in [0.1, 0.15) is 17.8 Å². The standard InChI is InChI=1S/C20H27N5O2/c1-3-24(4-2)14-16-5-7-17(8-6-16)23-20(26)18-13-19(22-15-21-18)25-9-11-27-12-10-25/h5-8,13,15H,3-4,9-12,14H2,1-2H3,(H,23,26). The predicted molar refractivity (Wildman–Crippen MR) is 106 cm³/mol. The zero-order valence-corrected chi connectivity index (χ0v) is 16.0. The van der Waals surface area contributed by atoms with Gasteiger partial charge in [-0.3, -0.25) is 9.69 Å². The summed E-state index contributed by atoms with van der Waals surface area (Å²) in [6.07, 6.45) is 1.44. The van der Waals surface area contributed by atoms with Crippen molar-refractivity contribution >= 4 is 17.4 Å². The summed E-state index contributed by atoms with van der Waals surface area (Å²) in [7, 11) is 0. The highest BCUT2D eigenvalue weighted by molar-refractivity contribution is 6.03. The van der Waals surface area contributed by atoms with Gasteiger partial charge in [0.05, 0.1) is 13.2 Å². The number of carbonyl (C=O) groups excluding carboxylic acids is 1. The van der Waals surface area contributed by atoms with Crippen LogP contribution in [0.3, 0.4) is 0 Å². The highest BCUT2D eigenvalue weighted by atomic mass is 16.5. The third-order valence-corrected chi connectivity index (χ3v) is 4.73. The van der Waals surface area contributed by atoms with Crippen LogP contribution in [0.15, 0.2) is 36.7 Å². The van der Waals surface area contributed by atoms with Gasteiger partial charge < -0.3 is 15.0 Å². The number of benzene rings is 1. The molecule has 0 spiro atoms. The number of carbonyl (C=O) groups is 1. The van der Waals surface area contributed by atoms with Gasteiger partial charge in [-0.25, -0.2) is 9.97 Å². The summed E-state index contributed by atoms with van der Waals surface area (Å²) < 4.78 is 5.36. The molecule has 27 heavy (non-hydrogen) atoms. The highest BCUT2D eigenvalue weighted by Gasteiger charge is 2.15. The van der Waals surface area contributed by atoms with Crippen molar-refractivity contribution in [2.75, 3.05) is 49.6 Å². The summed E-state index contributed by atoms with van der Waals surface area (Å²) in [4.78, 5) is 25.4. The minimum atomic E-state index is -0.233. The van der Waals surface area contributed by atoms with Crippen LogP contribution < -0.4 is 10.2 Å². The van der Waals surface area contributed by atoms with E-state index >= 15 is 0 Å². The number of morpholine rings is 1. The summed E-state index contributed by atoms with van der Waals surface area (Å²) >= 11 is 0. The van der Waals surface area contributed by atoms with Crippen LogP contribution in [0.5, 0.6) is 0 Å². The number of hydrogen-bond acceptors (Lipinski definition) is 6. The van der Waals surface area contributed by atoms with Crippen molar-refractivity contribution in [3.63, 3.8) is 0 Å². The Labute approximate surface area is 160 Å². The van der Waals surface area contributed by atoms with E-state index in [1.807, 2.05) is 24.3 Å². The summed E-state index contributed by atoms with van der Waals surface area (Å²) in [5.74, 6) is 0.524. The number of aromatic nitrogens is 2. The molecule has 1 aromatic carbocycles. The van der Waals surface area contributed by atoms with Gasteiger partial charge in [0.15, 0.2) is 0 Å². The first-order valence-corrected chi connectivity index (χ1v) is 9.47. The first-order chi connectivity index (χ1) is 13.2. The molecule has 0 radical (unpaired) electrons. The fourth-order valence-electron chi connectivity index (χ4n) is 3.03. The second-order valence-corrected chi connectivity index (χ2v) is 6.47. The lowest BCUT2D eigenvalue weighted by atomic mass is 10.2. The molecule has 0 saturated carbocycles. The summed E-state index contributed by atoms with van der Waals surface area (Å²) in [6, 6.07) is 9.69. The first-order valence-electron chi connectivity index (χ1n) is 9.47. The Hall–Kier alpha value is -2.51. The van der Waals surface area contributed by atoms with E-state index in [2.05, 4.69) is 38.9 Å². The van der Waals surface area contributed by atoms with Gasteiger partial charge in [-0.2, -0.15) is 0 Å². The van der Waals surface area contributed by atoms with Crippen molar-refractivity contribution in [1.29, 1.82) is 0 Å². The Morgan fingerprint density at radius 2 is 1.85 bits per heavy atom. The van der Waals surface area contributed by atoms with E-state index in [9.17, 15) is 4.79 Å². The maximum atomic E-state index is 12.6. The van der Waals surface area contributed by atoms with Crippen LogP contribution >= 0.6 is 0 Å². The predicted octanol–water partition coefficient (Wildman–Crippen LogP) is 2.41. The lowest BCUT2D eigenvalue weighted by Gasteiger charge is -2.27. The van der Waals surface area contributed by atoms with Gasteiger partial charge in [-0.05, 0) is 30.8 Å². The summed E-state index contributed by atoms with van der Waals surface area (Å²) in [6.45, 7) is 10.2. The number of rotatable bonds is 7. The molecule has 1 N–H and O–H groups in total. The molecule has 1 aliphatic rings. The largest absolute Gasteiger partial charge is 0.378 e. The zero-order chi connectivity index (χ0) is 19.1. The van der Waals surface area contributed by atoms with Gasteiger partial charge in [0, 0.05) is 31.4 Å². The van der Waals surface area contributed by atoms with Crippen LogP contribution in [0.2, 0.25) is 0 Å². The molecule has 1 aliphatic heterocycles. The van der Waals surface area contributed by atoms with Crippen molar-refractivity contribution in [2.24, 2.45) is 0 Å². The van der Waals surface area contributed by atoms with Crippen LogP contribution in [0.25, 0.3) is 0 Å². The molecule has 0 bridgehead atoms. The van der Waals surface area contributed by atoms with E-state index in [4.69, 9.17) is 4.74 Å². The Balaban J connectivity index is 1.63. The average molecular weight is 369 g/mol. The average Bonchev–Trinajstić information content (AvgIpc) is 2.74. The van der Waals surface area contributed by atoms with E-state index in [-0.39, 0.29) is 5.91 Å². The quantitative estimate of drug-likeness (QED) is 0.808. The number of amides is 1. The topological polar surface area (TPSA) is 70.6 Å². The highest BCUT2D eigenvalue weighted by Crippen LogP contribution is 2.15. The van der Waals surface area contributed by atoms with E-state index in [1.54, 1.807) is 6.07 Å². The molecule has 0 unspecified atom stereocenters. The van der Waals surface area contributed by atoms with Crippen molar-refractivity contribution in [3.05, 3.63) is 47.9 Å². The van der Waals surface area contributed by atoms with Crippen LogP contribution in [-0.4, -0.2) is 60.2 Å². The van der Waals surface area contributed by atoms with Crippen molar-refractivity contribution in [2.45, 2.75) is 20.4 Å². The summed E-state index contributed by atoms with van der Waals surface area (Å²) in [5.41, 5.74) is 2.35. The fourth-order valence-corrected chi connectivity index (χ4v) is 3.03. The molecule has 7 nitrogen and oxygen atoms in total. The molecule has 1 amide bonds. The third-order valence-electron chi connectivity index (χ3n) is 4.73. The minimum Gasteiger partial charge on any atom is -0.378 e. The van der Waals surface area contributed by atoms with E-state index in [0.29, 0.717) is 18.9 Å². The zero-order valence-electron chi connectivity index (χ0n) is 16.0. The van der Waals surface area contributed by atoms with Crippen LogP contribution in [0.4, 0.5) is 11.5 Å². The smallest absolute Gasteiger partial charge is 0.274 e. The van der Waals surface area contributed by atoms with E-state index in [0.717, 1.165) is 44.2 Å². The maximum absolute atomic E-state index is 12.6. The minimum absolute atomic E-state index is 0.233. The van der Waals surface area contributed by atoms with Gasteiger partial charge in [-0.1, -0.05) is 26.0 Å². The third kappa shape index (κ3) is 5.24. The van der Waals surface area contributed by atoms with Crippen molar-refractivity contribution in [3.8, 4) is 0 Å². The second-order valence-electron chi connectivity index (χ2n) is 6.47. The number of nitrogens with one attached hydrogen (secondary N) is 1. The lowest BCUT2D eigenvalue weighted by molar-refractivity contribution is 0.102. The molecule has 144 valence electrons. The Morgan fingerprint density at radius 1 is 1.15 bits per heavy atom. The fraction of sp³-hybridized carbons (Fsp3) is 0.450.